The maximum atomic E-state index is 14.0. The van der Waals surface area contributed by atoms with Crippen molar-refractivity contribution in [1.29, 1.82) is 0 Å². The van der Waals surface area contributed by atoms with Crippen molar-refractivity contribution in [3.63, 3.8) is 0 Å². The summed E-state index contributed by atoms with van der Waals surface area (Å²) < 4.78 is 7.62. The zero-order valence-corrected chi connectivity index (χ0v) is 21.5. The second kappa shape index (κ2) is 9.03. The normalized spacial score (nSPS) is 24.1. The maximum Gasteiger partial charge on any atom is 0.278 e. The largest absolute Gasteiger partial charge is 0.502 e. The number of nitrogens with zero attached hydrogens (tertiary/aromatic N) is 3. The van der Waals surface area contributed by atoms with E-state index in [9.17, 15) is 19.5 Å². The highest BCUT2D eigenvalue weighted by Crippen LogP contribution is 2.45. The lowest BCUT2D eigenvalue weighted by Gasteiger charge is -2.53. The number of carbonyl (C=O) groups excluding carboxylic acids is 2. The Bertz CT molecular complexity index is 1470. The predicted molar refractivity (Wildman–Crippen MR) is 142 cm³/mol. The van der Waals surface area contributed by atoms with Crippen LogP contribution in [-0.2, 0) is 15.3 Å². The van der Waals surface area contributed by atoms with Crippen molar-refractivity contribution in [2.45, 2.75) is 48.2 Å². The van der Waals surface area contributed by atoms with E-state index in [-0.39, 0.29) is 30.7 Å². The van der Waals surface area contributed by atoms with Crippen LogP contribution >= 0.6 is 11.8 Å². The van der Waals surface area contributed by atoms with Gasteiger partial charge >= 0.3 is 0 Å². The smallest absolute Gasteiger partial charge is 0.278 e. The molecule has 1 saturated carbocycles. The van der Waals surface area contributed by atoms with E-state index < -0.39 is 29.3 Å². The van der Waals surface area contributed by atoms with E-state index in [1.54, 1.807) is 27.5 Å². The molecule has 0 bridgehead atoms. The zero-order valence-electron chi connectivity index (χ0n) is 20.7. The second-order valence-corrected chi connectivity index (χ2v) is 11.4. The van der Waals surface area contributed by atoms with E-state index in [1.165, 1.54) is 6.07 Å². The molecular weight excluding hydrogens is 502 g/mol. The fourth-order valence-corrected chi connectivity index (χ4v) is 7.07. The standard InChI is InChI=1S/C29H27N3O5S/c33-22-11-12-30-27(28(22)35)29(36)31-21(23(34)13-17-9-10-17)14-37-15-25(31)32(30)26-19-6-2-1-5-18(19)16-38-24-8-4-3-7-20(24)26/h1-8,11-12,17,21,25-26,35H,9-10,13-16H2/t21?,25-,26+/m1/s1. The number of aromatic nitrogens is 1. The van der Waals surface area contributed by atoms with Gasteiger partial charge in [-0.3, -0.25) is 24.1 Å². The van der Waals surface area contributed by atoms with Crippen LogP contribution < -0.4 is 10.4 Å². The fourth-order valence-electron chi connectivity index (χ4n) is 5.97. The monoisotopic (exact) mass is 529 g/mol. The van der Waals surface area contributed by atoms with Crippen LogP contribution in [-0.4, -0.2) is 51.8 Å². The summed E-state index contributed by atoms with van der Waals surface area (Å²) in [5, 5.41) is 12.9. The second-order valence-electron chi connectivity index (χ2n) is 10.4. The van der Waals surface area contributed by atoms with Gasteiger partial charge in [-0.1, -0.05) is 42.5 Å². The van der Waals surface area contributed by atoms with Crippen molar-refractivity contribution in [1.82, 2.24) is 9.58 Å². The topological polar surface area (TPSA) is 92.1 Å². The molecule has 1 aromatic heterocycles. The molecule has 1 amide bonds. The van der Waals surface area contributed by atoms with Crippen molar-refractivity contribution in [3.8, 4) is 5.75 Å². The summed E-state index contributed by atoms with van der Waals surface area (Å²) in [6, 6.07) is 16.5. The van der Waals surface area contributed by atoms with E-state index in [0.717, 1.165) is 40.2 Å². The minimum Gasteiger partial charge on any atom is -0.502 e. The van der Waals surface area contributed by atoms with Crippen LogP contribution in [0, 0.1) is 5.92 Å². The van der Waals surface area contributed by atoms with Crippen LogP contribution in [0.4, 0.5) is 0 Å². The van der Waals surface area contributed by atoms with Crippen molar-refractivity contribution < 1.29 is 19.4 Å². The maximum absolute atomic E-state index is 14.0. The SMILES string of the molecule is O=C(CC1CC1)C1COC[C@@H]2N1C(=O)c1c(O)c(=O)ccn1N2[C@H]1c2ccccc2CSc2ccccc21. The minimum absolute atomic E-state index is 0.0334. The number of ketones is 1. The molecule has 4 heterocycles. The minimum atomic E-state index is -0.779. The molecule has 4 aliphatic rings. The first-order valence-electron chi connectivity index (χ1n) is 13.0. The van der Waals surface area contributed by atoms with Crippen LogP contribution in [0.3, 0.4) is 0 Å². The Labute approximate surface area is 223 Å². The number of ether oxygens (including phenoxy) is 1. The molecule has 8 nitrogen and oxygen atoms in total. The van der Waals surface area contributed by atoms with Crippen molar-refractivity contribution in [2.24, 2.45) is 5.92 Å². The number of thioether (sulfide) groups is 1. The highest BCUT2D eigenvalue weighted by molar-refractivity contribution is 7.98. The van der Waals surface area contributed by atoms with Crippen LogP contribution in [0.5, 0.6) is 5.75 Å². The number of benzene rings is 2. The number of hydrogen-bond donors (Lipinski definition) is 1. The van der Waals surface area contributed by atoms with Gasteiger partial charge < -0.3 is 14.7 Å². The van der Waals surface area contributed by atoms with Crippen LogP contribution in [0.2, 0.25) is 0 Å². The highest BCUT2D eigenvalue weighted by atomic mass is 32.2. The molecule has 0 spiro atoms. The summed E-state index contributed by atoms with van der Waals surface area (Å²) >= 11 is 1.75. The van der Waals surface area contributed by atoms with Gasteiger partial charge in [0, 0.05) is 29.3 Å². The molecule has 7 rings (SSSR count). The van der Waals surface area contributed by atoms with Gasteiger partial charge in [0.05, 0.1) is 19.3 Å². The summed E-state index contributed by atoms with van der Waals surface area (Å²) in [7, 11) is 0. The first kappa shape index (κ1) is 23.5. The number of morpholine rings is 1. The van der Waals surface area contributed by atoms with E-state index >= 15 is 0 Å². The number of rotatable bonds is 4. The van der Waals surface area contributed by atoms with Crippen LogP contribution in [0.1, 0.15) is 52.5 Å². The molecule has 1 aliphatic carbocycles. The molecule has 2 aromatic carbocycles. The quantitative estimate of drug-likeness (QED) is 0.554. The third-order valence-corrected chi connectivity index (χ3v) is 9.15. The van der Waals surface area contributed by atoms with Gasteiger partial charge in [-0.05, 0) is 41.5 Å². The van der Waals surface area contributed by atoms with Gasteiger partial charge in [0.15, 0.2) is 17.2 Å². The molecule has 3 atom stereocenters. The fraction of sp³-hybridized carbons (Fsp3) is 0.345. The summed E-state index contributed by atoms with van der Waals surface area (Å²) in [6.45, 7) is 0.298. The Morgan fingerprint density at radius 3 is 2.58 bits per heavy atom. The lowest BCUT2D eigenvalue weighted by Crippen LogP contribution is -2.70. The summed E-state index contributed by atoms with van der Waals surface area (Å²) in [5.74, 6) is -0.0193. The molecule has 9 heteroatoms. The van der Waals surface area contributed by atoms with Gasteiger partial charge in [0.1, 0.15) is 12.2 Å². The van der Waals surface area contributed by atoms with Gasteiger partial charge in [-0.15, -0.1) is 11.8 Å². The van der Waals surface area contributed by atoms with Crippen molar-refractivity contribution >= 4 is 23.5 Å². The number of pyridine rings is 1. The number of Topliss-reactive ketones (excluding diaryl/α,β-unsaturated/α-hetero) is 1. The average molecular weight is 530 g/mol. The number of amides is 1. The average Bonchev–Trinajstić information content (AvgIpc) is 3.77. The van der Waals surface area contributed by atoms with Gasteiger partial charge in [0.25, 0.3) is 5.91 Å². The van der Waals surface area contributed by atoms with E-state index in [4.69, 9.17) is 4.74 Å². The molecule has 3 aliphatic heterocycles. The first-order chi connectivity index (χ1) is 18.5. The van der Waals surface area contributed by atoms with Crippen LogP contribution in [0.25, 0.3) is 0 Å². The Hall–Kier alpha value is -3.56. The Kier molecular flexibility index (Phi) is 5.59. The highest BCUT2D eigenvalue weighted by Gasteiger charge is 2.50. The summed E-state index contributed by atoms with van der Waals surface area (Å²) in [6.07, 6.45) is 3.38. The van der Waals surface area contributed by atoms with Gasteiger partial charge in [-0.2, -0.15) is 0 Å². The van der Waals surface area contributed by atoms with Crippen LogP contribution in [0.15, 0.2) is 70.5 Å². The molecule has 194 valence electrons. The summed E-state index contributed by atoms with van der Waals surface area (Å²) in [5.41, 5.74) is 2.52. The van der Waals surface area contributed by atoms with E-state index in [1.807, 2.05) is 29.3 Å². The van der Waals surface area contributed by atoms with E-state index in [2.05, 4.69) is 24.3 Å². The lowest BCUT2D eigenvalue weighted by atomic mass is 9.93. The number of fused-ring (bicyclic) bond motifs is 4. The lowest BCUT2D eigenvalue weighted by molar-refractivity contribution is -0.133. The molecule has 1 unspecified atom stereocenters. The Balaban J connectivity index is 1.46. The first-order valence-corrected chi connectivity index (χ1v) is 14.0. The van der Waals surface area contributed by atoms with Gasteiger partial charge in [-0.25, -0.2) is 0 Å². The number of carbonyl (C=O) groups is 2. The number of hydrogen-bond acceptors (Lipinski definition) is 7. The van der Waals surface area contributed by atoms with Crippen molar-refractivity contribution in [3.05, 3.63) is 93.4 Å². The molecule has 0 radical (unpaired) electrons. The Morgan fingerprint density at radius 2 is 1.76 bits per heavy atom. The predicted octanol–water partition coefficient (Wildman–Crippen LogP) is 3.44. The molecule has 3 aromatic rings. The molecule has 2 fully saturated rings. The molecule has 38 heavy (non-hydrogen) atoms. The molecule has 1 saturated heterocycles. The summed E-state index contributed by atoms with van der Waals surface area (Å²) in [4.78, 5) is 42.6. The third-order valence-electron chi connectivity index (χ3n) is 8.01. The van der Waals surface area contributed by atoms with E-state index in [0.29, 0.717) is 12.3 Å². The molecular formula is C29H27N3O5S. The molecule has 1 N–H and O–H groups in total. The zero-order chi connectivity index (χ0) is 26.0. The number of aromatic hydroxyl groups is 1. The van der Waals surface area contributed by atoms with Gasteiger partial charge in [0.2, 0.25) is 5.43 Å². The third kappa shape index (κ3) is 3.67. The van der Waals surface area contributed by atoms with Crippen molar-refractivity contribution in [2.75, 3.05) is 18.2 Å². The Morgan fingerprint density at radius 1 is 1.00 bits per heavy atom.